The molecule has 10 heteroatoms. The van der Waals surface area contributed by atoms with E-state index in [1.54, 1.807) is 64.2 Å². The highest BCUT2D eigenvalue weighted by Gasteiger charge is 2.24. The molecule has 0 aromatic heterocycles. The number of methoxy groups -OCH3 is 1. The van der Waals surface area contributed by atoms with Crippen molar-refractivity contribution in [1.29, 1.82) is 0 Å². The highest BCUT2D eigenvalue weighted by atomic mass is 16.6. The van der Waals surface area contributed by atoms with E-state index < -0.39 is 23.6 Å². The number of carbonyl (C=O) groups is 3. The van der Waals surface area contributed by atoms with Crippen LogP contribution in [0.1, 0.15) is 36.7 Å². The van der Waals surface area contributed by atoms with Gasteiger partial charge in [-0.1, -0.05) is 12.1 Å². The van der Waals surface area contributed by atoms with E-state index in [2.05, 4.69) is 5.32 Å². The van der Waals surface area contributed by atoms with Crippen LogP contribution in [0.25, 0.3) is 0 Å². The van der Waals surface area contributed by atoms with E-state index >= 15 is 0 Å². The Morgan fingerprint density at radius 3 is 2.48 bits per heavy atom. The smallest absolute Gasteiger partial charge is 0.414 e. The van der Waals surface area contributed by atoms with E-state index in [1.165, 1.54) is 18.1 Å². The molecule has 0 spiro atoms. The molecule has 3 aromatic carbocycles. The summed E-state index contributed by atoms with van der Waals surface area (Å²) in [5.74, 6) is 1.13. The molecule has 3 aromatic rings. The molecule has 0 bridgehead atoms. The Labute approximate surface area is 232 Å². The fraction of sp³-hybridized carbons (Fsp3) is 0.300. The minimum atomic E-state index is -0.722. The molecule has 1 aliphatic rings. The predicted molar refractivity (Wildman–Crippen MR) is 149 cm³/mol. The van der Waals surface area contributed by atoms with Crippen molar-refractivity contribution in [2.45, 2.75) is 32.8 Å². The lowest BCUT2D eigenvalue weighted by Gasteiger charge is -2.26. The number of ether oxygens (including phenoxy) is 5. The summed E-state index contributed by atoms with van der Waals surface area (Å²) in [6.07, 6.45) is 0.247. The van der Waals surface area contributed by atoms with Crippen LogP contribution in [-0.2, 0) is 20.7 Å². The van der Waals surface area contributed by atoms with E-state index in [0.29, 0.717) is 40.8 Å². The average molecular weight is 549 g/mol. The van der Waals surface area contributed by atoms with Crippen molar-refractivity contribution < 1.29 is 38.1 Å². The number of rotatable bonds is 8. The van der Waals surface area contributed by atoms with Crippen molar-refractivity contribution in [3.63, 3.8) is 0 Å². The molecule has 210 valence electrons. The third kappa shape index (κ3) is 7.22. The van der Waals surface area contributed by atoms with Gasteiger partial charge in [-0.15, -0.1) is 0 Å². The Morgan fingerprint density at radius 2 is 1.73 bits per heavy atom. The van der Waals surface area contributed by atoms with E-state index in [0.717, 1.165) is 17.7 Å². The summed E-state index contributed by atoms with van der Waals surface area (Å²) in [4.78, 5) is 38.8. The second-order valence-corrected chi connectivity index (χ2v) is 10.0. The molecular weight excluding hydrogens is 516 g/mol. The number of carbonyl (C=O) groups excluding carboxylic acids is 3. The quantitative estimate of drug-likeness (QED) is 0.363. The standard InChI is InChI=1S/C30H32N2O8/c1-30(2,3)40-29(35)32(4)25-16-22(39-23-10-9-19-13-14-37-26(19)17-23)11-12-24(25)31-27(33)18-38-21-8-6-7-20(15-21)28(34)36-5/h6-12,15-17H,13-14,18H2,1-5H3,(H,31,33). The van der Waals surface area contributed by atoms with E-state index in [9.17, 15) is 14.4 Å². The Kier molecular flexibility index (Phi) is 8.47. The lowest BCUT2D eigenvalue weighted by molar-refractivity contribution is -0.118. The van der Waals surface area contributed by atoms with Crippen LogP contribution in [0.5, 0.6) is 23.0 Å². The summed E-state index contributed by atoms with van der Waals surface area (Å²) < 4.78 is 27.5. The van der Waals surface area contributed by atoms with Gasteiger partial charge >= 0.3 is 12.1 Å². The molecule has 0 saturated carbocycles. The summed E-state index contributed by atoms with van der Waals surface area (Å²) in [7, 11) is 2.83. The molecule has 40 heavy (non-hydrogen) atoms. The van der Waals surface area contributed by atoms with Gasteiger partial charge in [0, 0.05) is 25.6 Å². The minimum Gasteiger partial charge on any atom is -0.493 e. The van der Waals surface area contributed by atoms with Gasteiger partial charge in [0.25, 0.3) is 5.91 Å². The van der Waals surface area contributed by atoms with Crippen molar-refractivity contribution in [1.82, 2.24) is 0 Å². The van der Waals surface area contributed by atoms with E-state index in [1.807, 2.05) is 18.2 Å². The maximum atomic E-state index is 12.9. The zero-order chi connectivity index (χ0) is 28.9. The first-order valence-corrected chi connectivity index (χ1v) is 12.7. The largest absolute Gasteiger partial charge is 0.493 e. The second kappa shape index (κ2) is 12.0. The van der Waals surface area contributed by atoms with Gasteiger partial charge in [-0.25, -0.2) is 9.59 Å². The molecule has 0 unspecified atom stereocenters. The molecule has 1 aliphatic heterocycles. The zero-order valence-electron chi connectivity index (χ0n) is 23.1. The fourth-order valence-electron chi connectivity index (χ4n) is 3.90. The SMILES string of the molecule is COC(=O)c1cccc(OCC(=O)Nc2ccc(Oc3ccc4c(c3)OCC4)cc2N(C)C(=O)OC(C)(C)C)c1. The summed E-state index contributed by atoms with van der Waals surface area (Å²) in [5, 5.41) is 2.77. The minimum absolute atomic E-state index is 0.298. The van der Waals surface area contributed by atoms with Crippen LogP contribution < -0.4 is 24.4 Å². The lowest BCUT2D eigenvalue weighted by atomic mass is 10.1. The molecule has 4 rings (SSSR count). The van der Waals surface area contributed by atoms with Crippen LogP contribution >= 0.6 is 0 Å². The van der Waals surface area contributed by atoms with Gasteiger partial charge in [0.2, 0.25) is 0 Å². The number of fused-ring (bicyclic) bond motifs is 1. The number of hydrogen-bond donors (Lipinski definition) is 1. The third-order valence-electron chi connectivity index (χ3n) is 5.80. The molecule has 0 aliphatic carbocycles. The monoisotopic (exact) mass is 548 g/mol. The number of hydrogen-bond acceptors (Lipinski definition) is 8. The van der Waals surface area contributed by atoms with Gasteiger partial charge in [0.15, 0.2) is 6.61 Å². The van der Waals surface area contributed by atoms with Gasteiger partial charge in [0.05, 0.1) is 30.7 Å². The molecule has 2 amide bonds. The molecule has 0 fully saturated rings. The van der Waals surface area contributed by atoms with Gasteiger partial charge in [-0.3, -0.25) is 9.69 Å². The number of esters is 1. The average Bonchev–Trinajstić information content (AvgIpc) is 3.39. The first kappa shape index (κ1) is 28.3. The first-order chi connectivity index (χ1) is 19.0. The first-order valence-electron chi connectivity index (χ1n) is 12.7. The third-order valence-corrected chi connectivity index (χ3v) is 5.80. The normalized spacial score (nSPS) is 12.0. The van der Waals surface area contributed by atoms with Crippen molar-refractivity contribution in [3.05, 3.63) is 71.8 Å². The van der Waals surface area contributed by atoms with Gasteiger partial charge in [-0.2, -0.15) is 0 Å². The van der Waals surface area contributed by atoms with Crippen LogP contribution in [0.2, 0.25) is 0 Å². The predicted octanol–water partition coefficient (Wildman–Crippen LogP) is 5.59. The zero-order valence-corrected chi connectivity index (χ0v) is 23.1. The molecule has 0 atom stereocenters. The number of nitrogens with zero attached hydrogens (tertiary/aromatic N) is 1. The van der Waals surface area contributed by atoms with Crippen molar-refractivity contribution in [3.8, 4) is 23.0 Å². The van der Waals surface area contributed by atoms with Crippen LogP contribution in [0.4, 0.5) is 16.2 Å². The highest BCUT2D eigenvalue weighted by molar-refractivity contribution is 5.99. The molecule has 10 nitrogen and oxygen atoms in total. The van der Waals surface area contributed by atoms with E-state index in [4.69, 9.17) is 23.7 Å². The number of anilines is 2. The van der Waals surface area contributed by atoms with Crippen LogP contribution in [0.15, 0.2) is 60.7 Å². The summed E-state index contributed by atoms with van der Waals surface area (Å²) in [5.41, 5.74) is 1.39. The van der Waals surface area contributed by atoms with Gasteiger partial charge in [0.1, 0.15) is 28.6 Å². The Morgan fingerprint density at radius 1 is 0.975 bits per heavy atom. The van der Waals surface area contributed by atoms with Crippen molar-refractivity contribution >= 4 is 29.3 Å². The van der Waals surface area contributed by atoms with Gasteiger partial charge < -0.3 is 29.0 Å². The van der Waals surface area contributed by atoms with E-state index in [-0.39, 0.29) is 6.61 Å². The number of nitrogens with one attached hydrogen (secondary N) is 1. The summed E-state index contributed by atoms with van der Waals surface area (Å²) in [6, 6.07) is 16.9. The van der Waals surface area contributed by atoms with Gasteiger partial charge in [-0.05, 0) is 62.7 Å². The molecule has 0 saturated heterocycles. The topological polar surface area (TPSA) is 113 Å². The number of amides is 2. The van der Waals surface area contributed by atoms with Crippen LogP contribution in [-0.4, -0.2) is 50.9 Å². The number of benzene rings is 3. The lowest BCUT2D eigenvalue weighted by Crippen LogP contribution is -2.34. The molecule has 0 radical (unpaired) electrons. The van der Waals surface area contributed by atoms with Crippen LogP contribution in [0, 0.1) is 0 Å². The Bertz CT molecular complexity index is 1410. The fourth-order valence-corrected chi connectivity index (χ4v) is 3.90. The van der Waals surface area contributed by atoms with Crippen molar-refractivity contribution in [2.75, 3.05) is 37.6 Å². The molecule has 1 N–H and O–H groups in total. The van der Waals surface area contributed by atoms with Crippen LogP contribution in [0.3, 0.4) is 0 Å². The Balaban J connectivity index is 1.52. The molecular formula is C30H32N2O8. The second-order valence-electron chi connectivity index (χ2n) is 10.0. The van der Waals surface area contributed by atoms with Crippen molar-refractivity contribution in [2.24, 2.45) is 0 Å². The highest BCUT2D eigenvalue weighted by Crippen LogP contribution is 2.36. The Hall–Kier alpha value is -4.73. The summed E-state index contributed by atoms with van der Waals surface area (Å²) >= 11 is 0. The molecule has 1 heterocycles. The summed E-state index contributed by atoms with van der Waals surface area (Å²) in [6.45, 7) is 5.60. The maximum absolute atomic E-state index is 12.9. The maximum Gasteiger partial charge on any atom is 0.414 e.